The predicted molar refractivity (Wildman–Crippen MR) is 61.7 cm³/mol. The van der Waals surface area contributed by atoms with E-state index in [0.29, 0.717) is 11.3 Å². The highest BCUT2D eigenvalue weighted by atomic mass is 16.5. The minimum Gasteiger partial charge on any atom is -0.490 e. The van der Waals surface area contributed by atoms with E-state index in [1.807, 2.05) is 6.07 Å². The summed E-state index contributed by atoms with van der Waals surface area (Å²) in [7, 11) is 0. The Morgan fingerprint density at radius 2 is 2.18 bits per heavy atom. The molecular formula is C13H16O4. The van der Waals surface area contributed by atoms with Gasteiger partial charge in [0, 0.05) is 5.56 Å². The molecule has 1 fully saturated rings. The van der Waals surface area contributed by atoms with Crippen molar-refractivity contribution >= 4 is 5.97 Å². The molecule has 4 heteroatoms. The summed E-state index contributed by atoms with van der Waals surface area (Å²) in [6, 6.07) is 7.02. The number of rotatable bonds is 5. The number of aliphatic hydroxyl groups is 1. The monoisotopic (exact) mass is 236 g/mol. The number of esters is 1. The molecule has 1 aliphatic carbocycles. The normalized spacial score (nSPS) is 16.4. The molecule has 1 aliphatic rings. The zero-order valence-corrected chi connectivity index (χ0v) is 9.76. The lowest BCUT2D eigenvalue weighted by atomic mass is 10.1. The number of ether oxygens (including phenoxy) is 2. The fourth-order valence-electron chi connectivity index (χ4n) is 1.53. The van der Waals surface area contributed by atoms with Crippen LogP contribution in [-0.4, -0.2) is 23.8 Å². The van der Waals surface area contributed by atoms with Crippen molar-refractivity contribution in [1.82, 2.24) is 0 Å². The first kappa shape index (κ1) is 11.9. The van der Waals surface area contributed by atoms with Crippen molar-refractivity contribution in [3.8, 4) is 5.75 Å². The van der Waals surface area contributed by atoms with E-state index < -0.39 is 12.1 Å². The summed E-state index contributed by atoms with van der Waals surface area (Å²) in [5.41, 5.74) is 0.470. The van der Waals surface area contributed by atoms with Gasteiger partial charge in [0.2, 0.25) is 0 Å². The van der Waals surface area contributed by atoms with E-state index in [0.717, 1.165) is 12.8 Å². The van der Waals surface area contributed by atoms with Crippen molar-refractivity contribution in [2.45, 2.75) is 32.0 Å². The van der Waals surface area contributed by atoms with E-state index in [9.17, 15) is 9.90 Å². The van der Waals surface area contributed by atoms with Crippen LogP contribution in [0, 0.1) is 0 Å². The molecule has 1 aromatic rings. The van der Waals surface area contributed by atoms with Crippen LogP contribution in [-0.2, 0) is 9.53 Å². The molecule has 92 valence electrons. The Morgan fingerprint density at radius 3 is 2.82 bits per heavy atom. The van der Waals surface area contributed by atoms with Gasteiger partial charge in [-0.2, -0.15) is 0 Å². The summed E-state index contributed by atoms with van der Waals surface area (Å²) in [5, 5.41) is 9.88. The molecule has 1 aromatic carbocycles. The first-order chi connectivity index (χ1) is 8.22. The summed E-state index contributed by atoms with van der Waals surface area (Å²) in [5.74, 6) is -0.0742. The van der Waals surface area contributed by atoms with Crippen molar-refractivity contribution in [1.29, 1.82) is 0 Å². The Balaban J connectivity index is 2.14. The SMILES string of the molecule is CCOC(=O)C(O)c1ccccc1OC1CC1. The average molecular weight is 236 g/mol. The van der Waals surface area contributed by atoms with Gasteiger partial charge in [-0.15, -0.1) is 0 Å². The smallest absolute Gasteiger partial charge is 0.339 e. The van der Waals surface area contributed by atoms with Crippen LogP contribution in [0.25, 0.3) is 0 Å². The number of benzene rings is 1. The molecular weight excluding hydrogens is 220 g/mol. The van der Waals surface area contributed by atoms with Crippen LogP contribution >= 0.6 is 0 Å². The van der Waals surface area contributed by atoms with Gasteiger partial charge in [-0.1, -0.05) is 18.2 Å². The van der Waals surface area contributed by atoms with Crippen molar-refractivity contribution in [3.63, 3.8) is 0 Å². The van der Waals surface area contributed by atoms with E-state index in [1.165, 1.54) is 0 Å². The molecule has 0 amide bonds. The fourth-order valence-corrected chi connectivity index (χ4v) is 1.53. The molecule has 2 rings (SSSR count). The molecule has 0 aliphatic heterocycles. The number of carbonyl (C=O) groups is 1. The third-order valence-corrected chi connectivity index (χ3v) is 2.54. The van der Waals surface area contributed by atoms with Crippen molar-refractivity contribution in [2.75, 3.05) is 6.61 Å². The number of carbonyl (C=O) groups excluding carboxylic acids is 1. The van der Waals surface area contributed by atoms with Gasteiger partial charge >= 0.3 is 5.97 Å². The predicted octanol–water partition coefficient (Wildman–Crippen LogP) is 1.82. The summed E-state index contributed by atoms with van der Waals surface area (Å²) >= 11 is 0. The number of hydrogen-bond donors (Lipinski definition) is 1. The maximum Gasteiger partial charge on any atom is 0.339 e. The second-order valence-corrected chi connectivity index (χ2v) is 4.01. The molecule has 4 nitrogen and oxygen atoms in total. The molecule has 0 spiro atoms. The molecule has 1 saturated carbocycles. The van der Waals surface area contributed by atoms with E-state index >= 15 is 0 Å². The van der Waals surface area contributed by atoms with Gasteiger partial charge in [0.15, 0.2) is 6.10 Å². The summed E-state index contributed by atoms with van der Waals surface area (Å²) in [6.45, 7) is 1.96. The van der Waals surface area contributed by atoms with Crippen molar-refractivity contribution in [2.24, 2.45) is 0 Å². The fraction of sp³-hybridized carbons (Fsp3) is 0.462. The maximum absolute atomic E-state index is 11.5. The third kappa shape index (κ3) is 2.97. The topological polar surface area (TPSA) is 55.8 Å². The lowest BCUT2D eigenvalue weighted by molar-refractivity contribution is -0.153. The molecule has 17 heavy (non-hydrogen) atoms. The number of para-hydroxylation sites is 1. The lowest BCUT2D eigenvalue weighted by Crippen LogP contribution is -2.16. The third-order valence-electron chi connectivity index (χ3n) is 2.54. The Hall–Kier alpha value is -1.55. The Kier molecular flexibility index (Phi) is 3.64. The minimum atomic E-state index is -1.27. The summed E-state index contributed by atoms with van der Waals surface area (Å²) in [6.07, 6.45) is 1.02. The summed E-state index contributed by atoms with van der Waals surface area (Å²) < 4.78 is 10.4. The molecule has 0 bridgehead atoms. The van der Waals surface area contributed by atoms with Crippen LogP contribution < -0.4 is 4.74 Å². The van der Waals surface area contributed by atoms with Crippen molar-refractivity contribution in [3.05, 3.63) is 29.8 Å². The summed E-state index contributed by atoms with van der Waals surface area (Å²) in [4.78, 5) is 11.5. The van der Waals surface area contributed by atoms with Crippen LogP contribution in [0.1, 0.15) is 31.4 Å². The van der Waals surface area contributed by atoms with Crippen LogP contribution in [0.15, 0.2) is 24.3 Å². The molecule has 0 radical (unpaired) electrons. The van der Waals surface area contributed by atoms with Gasteiger partial charge in [0.05, 0.1) is 12.7 Å². The molecule has 1 atom stereocenters. The van der Waals surface area contributed by atoms with Crippen LogP contribution in [0.5, 0.6) is 5.75 Å². The highest BCUT2D eigenvalue weighted by molar-refractivity contribution is 5.77. The number of aliphatic hydroxyl groups excluding tert-OH is 1. The zero-order chi connectivity index (χ0) is 12.3. The van der Waals surface area contributed by atoms with Crippen LogP contribution in [0.3, 0.4) is 0 Å². The second kappa shape index (κ2) is 5.19. The highest BCUT2D eigenvalue weighted by Gasteiger charge is 2.27. The van der Waals surface area contributed by atoms with Crippen LogP contribution in [0.2, 0.25) is 0 Å². The van der Waals surface area contributed by atoms with E-state index in [2.05, 4.69) is 0 Å². The van der Waals surface area contributed by atoms with Gasteiger partial charge in [-0.05, 0) is 25.8 Å². The van der Waals surface area contributed by atoms with E-state index in [-0.39, 0.29) is 12.7 Å². The van der Waals surface area contributed by atoms with Gasteiger partial charge in [-0.25, -0.2) is 4.79 Å². The highest BCUT2D eigenvalue weighted by Crippen LogP contribution is 2.32. The van der Waals surface area contributed by atoms with E-state index in [1.54, 1.807) is 25.1 Å². The Labute approximate surface area is 100 Å². The van der Waals surface area contributed by atoms with Gasteiger partial charge < -0.3 is 14.6 Å². The number of hydrogen-bond acceptors (Lipinski definition) is 4. The van der Waals surface area contributed by atoms with Gasteiger partial charge in [0.25, 0.3) is 0 Å². The minimum absolute atomic E-state index is 0.227. The molecule has 0 heterocycles. The largest absolute Gasteiger partial charge is 0.490 e. The first-order valence-corrected chi connectivity index (χ1v) is 5.82. The maximum atomic E-state index is 11.5. The first-order valence-electron chi connectivity index (χ1n) is 5.82. The van der Waals surface area contributed by atoms with Gasteiger partial charge in [0.1, 0.15) is 5.75 Å². The zero-order valence-electron chi connectivity index (χ0n) is 9.76. The Bertz CT molecular complexity index is 398. The van der Waals surface area contributed by atoms with Crippen LogP contribution in [0.4, 0.5) is 0 Å². The second-order valence-electron chi connectivity index (χ2n) is 4.01. The average Bonchev–Trinajstić information content (AvgIpc) is 3.13. The molecule has 1 N–H and O–H groups in total. The molecule has 1 unspecified atom stereocenters. The lowest BCUT2D eigenvalue weighted by Gasteiger charge is -2.14. The van der Waals surface area contributed by atoms with Gasteiger partial charge in [-0.3, -0.25) is 0 Å². The standard InChI is InChI=1S/C13H16O4/c1-2-16-13(15)12(14)10-5-3-4-6-11(10)17-9-7-8-9/h3-6,9,12,14H,2,7-8H2,1H3. The Morgan fingerprint density at radius 1 is 1.47 bits per heavy atom. The quantitative estimate of drug-likeness (QED) is 0.792. The van der Waals surface area contributed by atoms with E-state index in [4.69, 9.17) is 9.47 Å². The van der Waals surface area contributed by atoms with Crippen molar-refractivity contribution < 1.29 is 19.4 Å². The molecule has 0 saturated heterocycles. The molecule has 0 aromatic heterocycles.